The standard InChI is InChI=1S/C20H20N6.2ClH/c1-12-6-9-14(10-7-12)20(17(21)22)18(25-19(23)26-20)24-16-11-8-13-4-2-3-5-15(13)16;;/h2-7,9-10H,8,11H2,1H3,(H3,21,22)(H2,23,26);2*1H. The summed E-state index contributed by atoms with van der Waals surface area (Å²) in [6.45, 7) is 2.00. The molecule has 0 bridgehead atoms. The average molecular weight is 417 g/mol. The van der Waals surface area contributed by atoms with Gasteiger partial charge in [-0.3, -0.25) is 5.41 Å². The summed E-state index contributed by atoms with van der Waals surface area (Å²) in [4.78, 5) is 13.6. The highest BCUT2D eigenvalue weighted by atomic mass is 35.5. The van der Waals surface area contributed by atoms with Crippen LogP contribution in [0.3, 0.4) is 0 Å². The lowest BCUT2D eigenvalue weighted by atomic mass is 9.87. The van der Waals surface area contributed by atoms with Gasteiger partial charge < -0.3 is 11.5 Å². The van der Waals surface area contributed by atoms with E-state index in [1.54, 1.807) is 0 Å². The van der Waals surface area contributed by atoms with Crippen molar-refractivity contribution in [2.24, 2.45) is 26.4 Å². The van der Waals surface area contributed by atoms with Crippen LogP contribution >= 0.6 is 24.8 Å². The van der Waals surface area contributed by atoms with Gasteiger partial charge in [0.2, 0.25) is 11.5 Å². The van der Waals surface area contributed by atoms with Gasteiger partial charge in [0.1, 0.15) is 5.84 Å². The number of aryl methyl sites for hydroxylation is 2. The molecule has 0 radical (unpaired) electrons. The number of amidine groups is 2. The number of nitrogens with two attached hydrogens (primary N) is 2. The third kappa shape index (κ3) is 3.41. The molecule has 2 aliphatic rings. The van der Waals surface area contributed by atoms with Gasteiger partial charge in [-0.25, -0.2) is 9.98 Å². The van der Waals surface area contributed by atoms with Gasteiger partial charge >= 0.3 is 0 Å². The molecule has 1 aliphatic carbocycles. The first-order valence-electron chi connectivity index (χ1n) is 8.52. The van der Waals surface area contributed by atoms with Gasteiger partial charge in [-0.15, -0.1) is 24.8 Å². The number of nitrogens with zero attached hydrogens (tertiary/aromatic N) is 3. The Kier molecular flexibility index (Phi) is 6.27. The number of hydrogen-bond donors (Lipinski definition) is 3. The first kappa shape index (κ1) is 21.6. The maximum Gasteiger partial charge on any atom is 0.219 e. The van der Waals surface area contributed by atoms with Crippen LogP contribution in [0.15, 0.2) is 63.5 Å². The third-order valence-corrected chi connectivity index (χ3v) is 4.89. The predicted molar refractivity (Wildman–Crippen MR) is 120 cm³/mol. The van der Waals surface area contributed by atoms with E-state index in [1.165, 1.54) is 5.56 Å². The molecule has 1 unspecified atom stereocenters. The molecule has 5 N–H and O–H groups in total. The van der Waals surface area contributed by atoms with Crippen LogP contribution in [0.1, 0.15) is 28.7 Å². The summed E-state index contributed by atoms with van der Waals surface area (Å²) in [5.74, 6) is 0.306. The van der Waals surface area contributed by atoms with Crippen molar-refractivity contribution in [3.63, 3.8) is 0 Å². The van der Waals surface area contributed by atoms with E-state index in [1.807, 2.05) is 43.3 Å². The molecule has 0 amide bonds. The first-order valence-corrected chi connectivity index (χ1v) is 8.52. The number of benzene rings is 2. The number of halogens is 2. The molecule has 146 valence electrons. The third-order valence-electron chi connectivity index (χ3n) is 4.89. The second-order valence-electron chi connectivity index (χ2n) is 6.61. The lowest BCUT2D eigenvalue weighted by Gasteiger charge is -2.25. The van der Waals surface area contributed by atoms with Gasteiger partial charge in [0.15, 0.2) is 5.84 Å². The van der Waals surface area contributed by atoms with E-state index in [-0.39, 0.29) is 36.6 Å². The van der Waals surface area contributed by atoms with Crippen LogP contribution in [-0.2, 0) is 12.0 Å². The second kappa shape index (κ2) is 8.12. The SMILES string of the molecule is Cc1ccc(C2(C(=N)N)N=C(N)N=C2N=C2CCc3ccccc32)cc1.Cl.Cl. The zero-order valence-electron chi connectivity index (χ0n) is 15.3. The summed E-state index contributed by atoms with van der Waals surface area (Å²) in [7, 11) is 0. The van der Waals surface area contributed by atoms with Crippen LogP contribution < -0.4 is 11.5 Å². The van der Waals surface area contributed by atoms with Gasteiger partial charge in [0.25, 0.3) is 0 Å². The fourth-order valence-corrected chi connectivity index (χ4v) is 3.52. The minimum Gasteiger partial charge on any atom is -0.385 e. The maximum atomic E-state index is 8.24. The molecule has 0 saturated heterocycles. The highest BCUT2D eigenvalue weighted by Crippen LogP contribution is 2.34. The number of guanidine groups is 1. The van der Waals surface area contributed by atoms with Gasteiger partial charge in [0.05, 0.1) is 5.71 Å². The molecule has 28 heavy (non-hydrogen) atoms. The topological polar surface area (TPSA) is 113 Å². The Labute approximate surface area is 176 Å². The summed E-state index contributed by atoms with van der Waals surface area (Å²) < 4.78 is 0. The van der Waals surface area contributed by atoms with Crippen molar-refractivity contribution >= 4 is 48.2 Å². The van der Waals surface area contributed by atoms with Crippen molar-refractivity contribution in [1.82, 2.24) is 0 Å². The molecule has 2 aromatic rings. The first-order chi connectivity index (χ1) is 12.5. The van der Waals surface area contributed by atoms with Crippen LogP contribution in [-0.4, -0.2) is 23.3 Å². The summed E-state index contributed by atoms with van der Waals surface area (Å²) in [6, 6.07) is 15.9. The van der Waals surface area contributed by atoms with E-state index in [2.05, 4.69) is 22.1 Å². The molecular weight excluding hydrogens is 395 g/mol. The molecule has 0 aromatic heterocycles. The lowest BCUT2D eigenvalue weighted by Crippen LogP contribution is -2.44. The van der Waals surface area contributed by atoms with Gasteiger partial charge in [-0.05, 0) is 36.5 Å². The highest BCUT2D eigenvalue weighted by molar-refractivity contribution is 6.24. The smallest absolute Gasteiger partial charge is 0.219 e. The van der Waals surface area contributed by atoms with Gasteiger partial charge in [-0.1, -0.05) is 54.1 Å². The second-order valence-corrected chi connectivity index (χ2v) is 6.61. The molecule has 1 heterocycles. The Morgan fingerprint density at radius 3 is 2.43 bits per heavy atom. The Bertz CT molecular complexity index is 994. The van der Waals surface area contributed by atoms with Crippen molar-refractivity contribution in [1.29, 1.82) is 5.41 Å². The van der Waals surface area contributed by atoms with E-state index in [0.717, 1.165) is 35.2 Å². The minimum atomic E-state index is -1.26. The number of rotatable bonds is 2. The van der Waals surface area contributed by atoms with Crippen molar-refractivity contribution in [3.8, 4) is 0 Å². The van der Waals surface area contributed by atoms with Crippen molar-refractivity contribution in [2.75, 3.05) is 0 Å². The molecule has 1 atom stereocenters. The quantitative estimate of drug-likeness (QED) is 0.515. The number of aliphatic imine (C=N–C) groups is 3. The largest absolute Gasteiger partial charge is 0.385 e. The van der Waals surface area contributed by atoms with Gasteiger partial charge in [0, 0.05) is 0 Å². The molecule has 6 nitrogen and oxygen atoms in total. The lowest BCUT2D eigenvalue weighted by molar-refractivity contribution is 0.804. The van der Waals surface area contributed by atoms with Crippen LogP contribution in [0.4, 0.5) is 0 Å². The van der Waals surface area contributed by atoms with Crippen molar-refractivity contribution in [3.05, 3.63) is 70.8 Å². The Morgan fingerprint density at radius 2 is 1.75 bits per heavy atom. The summed E-state index contributed by atoms with van der Waals surface area (Å²) in [6.07, 6.45) is 1.76. The Hall–Kier alpha value is -2.70. The van der Waals surface area contributed by atoms with E-state index < -0.39 is 5.54 Å². The number of fused-ring (bicyclic) bond motifs is 1. The zero-order valence-corrected chi connectivity index (χ0v) is 17.0. The average Bonchev–Trinajstić information content (AvgIpc) is 3.18. The minimum absolute atomic E-state index is 0. The fraction of sp³-hybridized carbons (Fsp3) is 0.200. The van der Waals surface area contributed by atoms with Crippen molar-refractivity contribution in [2.45, 2.75) is 25.3 Å². The maximum absolute atomic E-state index is 8.24. The van der Waals surface area contributed by atoms with Crippen LogP contribution in [0.25, 0.3) is 0 Å². The number of hydrogen-bond acceptors (Lipinski definition) is 5. The monoisotopic (exact) mass is 416 g/mol. The molecule has 0 saturated carbocycles. The summed E-state index contributed by atoms with van der Waals surface area (Å²) in [5.41, 5.74) is 15.8. The predicted octanol–water partition coefficient (Wildman–Crippen LogP) is 3.13. The molecule has 8 heteroatoms. The summed E-state index contributed by atoms with van der Waals surface area (Å²) in [5, 5.41) is 8.24. The molecule has 2 aromatic carbocycles. The van der Waals surface area contributed by atoms with E-state index in [9.17, 15) is 0 Å². The van der Waals surface area contributed by atoms with E-state index in [0.29, 0.717) is 5.84 Å². The Balaban J connectivity index is 0.00000140. The molecular formula is C20H22Cl2N6. The van der Waals surface area contributed by atoms with E-state index >= 15 is 0 Å². The number of nitrogens with one attached hydrogen (secondary N) is 1. The molecule has 1 aliphatic heterocycles. The van der Waals surface area contributed by atoms with Crippen molar-refractivity contribution < 1.29 is 0 Å². The molecule has 0 spiro atoms. The van der Waals surface area contributed by atoms with Crippen LogP contribution in [0.5, 0.6) is 0 Å². The molecule has 0 fully saturated rings. The highest BCUT2D eigenvalue weighted by Gasteiger charge is 2.45. The molecule has 4 rings (SSSR count). The fourth-order valence-electron chi connectivity index (χ4n) is 3.52. The van der Waals surface area contributed by atoms with E-state index in [4.69, 9.17) is 21.9 Å². The van der Waals surface area contributed by atoms with Gasteiger partial charge in [-0.2, -0.15) is 4.99 Å². The van der Waals surface area contributed by atoms with Crippen LogP contribution in [0, 0.1) is 12.3 Å². The normalized spacial score (nSPS) is 21.2. The van der Waals surface area contributed by atoms with Crippen LogP contribution in [0.2, 0.25) is 0 Å². The Morgan fingerprint density at radius 1 is 1.07 bits per heavy atom. The zero-order chi connectivity index (χ0) is 18.3. The summed E-state index contributed by atoms with van der Waals surface area (Å²) >= 11 is 0.